The summed E-state index contributed by atoms with van der Waals surface area (Å²) in [4.78, 5) is 24.3. The van der Waals surface area contributed by atoms with Crippen LogP contribution in [-0.2, 0) is 11.2 Å². The van der Waals surface area contributed by atoms with Gasteiger partial charge in [0.25, 0.3) is 5.69 Å². The quantitative estimate of drug-likeness (QED) is 0.618. The number of carboxylic acids is 1. The lowest BCUT2D eigenvalue weighted by Crippen LogP contribution is -2.59. The number of hydrogen-bond acceptors (Lipinski definition) is 5. The first-order valence-electron chi connectivity index (χ1n) is 6.86. The molecule has 1 aliphatic rings. The lowest BCUT2D eigenvalue weighted by molar-refractivity contribution is -0.385. The van der Waals surface area contributed by atoms with Crippen LogP contribution in [0.25, 0.3) is 0 Å². The second-order valence-electron chi connectivity index (χ2n) is 5.38. The number of carbonyl (C=O) groups is 1. The number of hydrogen-bond donors (Lipinski definition) is 2. The molecule has 0 saturated carbocycles. The third kappa shape index (κ3) is 3.20. The number of nitro groups is 1. The van der Waals surface area contributed by atoms with Gasteiger partial charge in [-0.15, -0.1) is 0 Å². The molecular formula is C14H19N3O4. The number of nitro benzene ring substituents is 1. The Bertz CT molecular complexity index is 543. The van der Waals surface area contributed by atoms with E-state index in [1.54, 1.807) is 25.1 Å². The molecule has 114 valence electrons. The van der Waals surface area contributed by atoms with Crippen LogP contribution in [0.5, 0.6) is 0 Å². The summed E-state index contributed by atoms with van der Waals surface area (Å²) in [5, 5.41) is 23.9. The van der Waals surface area contributed by atoms with Crippen molar-refractivity contribution >= 4 is 11.7 Å². The van der Waals surface area contributed by atoms with Gasteiger partial charge in [-0.05, 0) is 6.92 Å². The van der Waals surface area contributed by atoms with Gasteiger partial charge in [0.1, 0.15) is 5.54 Å². The van der Waals surface area contributed by atoms with Crippen molar-refractivity contribution in [2.45, 2.75) is 18.9 Å². The minimum absolute atomic E-state index is 0.0277. The fourth-order valence-corrected chi connectivity index (χ4v) is 2.69. The van der Waals surface area contributed by atoms with Gasteiger partial charge in [0.15, 0.2) is 0 Å². The highest BCUT2D eigenvalue weighted by molar-refractivity contribution is 5.79. The Kier molecular flexibility index (Phi) is 4.54. The van der Waals surface area contributed by atoms with Crippen molar-refractivity contribution in [3.63, 3.8) is 0 Å². The van der Waals surface area contributed by atoms with Crippen LogP contribution in [0, 0.1) is 10.1 Å². The van der Waals surface area contributed by atoms with Crippen molar-refractivity contribution in [1.82, 2.24) is 10.2 Å². The number of para-hydroxylation sites is 1. The molecule has 1 unspecified atom stereocenters. The van der Waals surface area contributed by atoms with Gasteiger partial charge in [-0.25, -0.2) is 0 Å². The van der Waals surface area contributed by atoms with Gasteiger partial charge < -0.3 is 10.4 Å². The zero-order valence-corrected chi connectivity index (χ0v) is 11.9. The number of aliphatic carboxylic acids is 1. The van der Waals surface area contributed by atoms with Gasteiger partial charge in [0, 0.05) is 44.2 Å². The van der Waals surface area contributed by atoms with Crippen LogP contribution < -0.4 is 5.32 Å². The van der Waals surface area contributed by atoms with Crippen molar-refractivity contribution in [2.75, 3.05) is 26.2 Å². The minimum atomic E-state index is -1.14. The fourth-order valence-electron chi connectivity index (χ4n) is 2.69. The van der Waals surface area contributed by atoms with E-state index >= 15 is 0 Å². The van der Waals surface area contributed by atoms with Crippen LogP contribution in [0.15, 0.2) is 24.3 Å². The molecule has 21 heavy (non-hydrogen) atoms. The van der Waals surface area contributed by atoms with Gasteiger partial charge in [-0.3, -0.25) is 19.8 Å². The Labute approximate surface area is 122 Å². The predicted octanol–water partition coefficient (Wildman–Crippen LogP) is 0.886. The molecule has 1 heterocycles. The fraction of sp³-hybridized carbons (Fsp3) is 0.500. The molecule has 1 atom stereocenters. The van der Waals surface area contributed by atoms with Crippen LogP contribution in [0.4, 0.5) is 5.69 Å². The molecular weight excluding hydrogens is 274 g/mol. The Morgan fingerprint density at radius 1 is 1.43 bits per heavy atom. The molecule has 1 aromatic rings. The first-order valence-corrected chi connectivity index (χ1v) is 6.86. The minimum Gasteiger partial charge on any atom is -0.480 e. The molecule has 0 spiro atoms. The summed E-state index contributed by atoms with van der Waals surface area (Å²) < 4.78 is 0. The molecule has 1 aliphatic heterocycles. The first-order chi connectivity index (χ1) is 9.95. The van der Waals surface area contributed by atoms with Crippen LogP contribution in [-0.4, -0.2) is 52.6 Å². The van der Waals surface area contributed by atoms with Gasteiger partial charge in [-0.1, -0.05) is 18.2 Å². The SMILES string of the molecule is CC(Cc1ccccc1[N+](=O)[O-])(C(=O)O)N1CCNCC1. The van der Waals surface area contributed by atoms with E-state index in [9.17, 15) is 20.0 Å². The van der Waals surface area contributed by atoms with Crippen LogP contribution in [0.1, 0.15) is 12.5 Å². The summed E-state index contributed by atoms with van der Waals surface area (Å²) in [6.45, 7) is 4.31. The highest BCUT2D eigenvalue weighted by Crippen LogP contribution is 2.27. The molecule has 0 bridgehead atoms. The topological polar surface area (TPSA) is 95.7 Å². The second-order valence-corrected chi connectivity index (χ2v) is 5.38. The Morgan fingerprint density at radius 2 is 2.05 bits per heavy atom. The van der Waals surface area contributed by atoms with E-state index in [-0.39, 0.29) is 12.1 Å². The summed E-state index contributed by atoms with van der Waals surface area (Å²) in [6.07, 6.45) is 0.111. The monoisotopic (exact) mass is 293 g/mol. The molecule has 2 N–H and O–H groups in total. The van der Waals surface area contributed by atoms with E-state index in [4.69, 9.17) is 0 Å². The molecule has 0 radical (unpaired) electrons. The van der Waals surface area contributed by atoms with E-state index in [0.717, 1.165) is 13.1 Å². The zero-order chi connectivity index (χ0) is 15.5. The molecule has 7 heteroatoms. The van der Waals surface area contributed by atoms with Gasteiger partial charge >= 0.3 is 5.97 Å². The Balaban J connectivity index is 2.32. The summed E-state index contributed by atoms with van der Waals surface area (Å²) in [6, 6.07) is 6.32. The van der Waals surface area contributed by atoms with Crippen molar-refractivity contribution < 1.29 is 14.8 Å². The second kappa shape index (κ2) is 6.19. The maximum absolute atomic E-state index is 11.8. The molecule has 1 aromatic carbocycles. The third-order valence-corrected chi connectivity index (χ3v) is 4.00. The lowest BCUT2D eigenvalue weighted by Gasteiger charge is -2.40. The number of nitrogens with zero attached hydrogens (tertiary/aromatic N) is 2. The highest BCUT2D eigenvalue weighted by atomic mass is 16.6. The van der Waals surface area contributed by atoms with E-state index in [0.29, 0.717) is 18.7 Å². The molecule has 1 fully saturated rings. The summed E-state index contributed by atoms with van der Waals surface area (Å²) in [5.74, 6) is -0.956. The Hall–Kier alpha value is -1.99. The number of nitrogens with one attached hydrogen (secondary N) is 1. The smallest absolute Gasteiger partial charge is 0.324 e. The maximum Gasteiger partial charge on any atom is 0.324 e. The molecule has 1 saturated heterocycles. The van der Waals surface area contributed by atoms with Crippen molar-refractivity contribution in [1.29, 1.82) is 0 Å². The molecule has 0 amide bonds. The van der Waals surface area contributed by atoms with E-state index in [2.05, 4.69) is 5.32 Å². The molecule has 0 aliphatic carbocycles. The number of benzene rings is 1. The average Bonchev–Trinajstić information content (AvgIpc) is 2.48. The Morgan fingerprint density at radius 3 is 2.62 bits per heavy atom. The normalized spacial score (nSPS) is 18.9. The largest absolute Gasteiger partial charge is 0.480 e. The summed E-state index contributed by atoms with van der Waals surface area (Å²) >= 11 is 0. The summed E-state index contributed by atoms with van der Waals surface area (Å²) in [5.41, 5.74) is -0.722. The van der Waals surface area contributed by atoms with Gasteiger partial charge in [0.05, 0.1) is 4.92 Å². The molecule has 2 rings (SSSR count). The van der Waals surface area contributed by atoms with Crippen LogP contribution in [0.3, 0.4) is 0 Å². The standard InChI is InChI=1S/C14H19N3O4/c1-14(13(18)19,16-8-6-15-7-9-16)10-11-4-2-3-5-12(11)17(20)21/h2-5,15H,6-10H2,1H3,(H,18,19). The molecule has 0 aromatic heterocycles. The van der Waals surface area contributed by atoms with Gasteiger partial charge in [0.2, 0.25) is 0 Å². The predicted molar refractivity (Wildman–Crippen MR) is 77.3 cm³/mol. The number of carboxylic acid groups (broad SMARTS) is 1. The summed E-state index contributed by atoms with van der Waals surface area (Å²) in [7, 11) is 0. The van der Waals surface area contributed by atoms with Crippen molar-refractivity contribution in [3.8, 4) is 0 Å². The number of piperazine rings is 1. The maximum atomic E-state index is 11.8. The van der Waals surface area contributed by atoms with E-state index in [1.165, 1.54) is 6.07 Å². The van der Waals surface area contributed by atoms with E-state index in [1.807, 2.05) is 4.90 Å². The van der Waals surface area contributed by atoms with Crippen LogP contribution in [0.2, 0.25) is 0 Å². The van der Waals surface area contributed by atoms with Gasteiger partial charge in [-0.2, -0.15) is 0 Å². The number of rotatable bonds is 5. The third-order valence-electron chi connectivity index (χ3n) is 4.00. The van der Waals surface area contributed by atoms with Crippen molar-refractivity contribution in [3.05, 3.63) is 39.9 Å². The molecule has 7 nitrogen and oxygen atoms in total. The highest BCUT2D eigenvalue weighted by Gasteiger charge is 2.41. The average molecular weight is 293 g/mol. The van der Waals surface area contributed by atoms with E-state index < -0.39 is 16.4 Å². The van der Waals surface area contributed by atoms with Crippen molar-refractivity contribution in [2.24, 2.45) is 0 Å². The lowest BCUT2D eigenvalue weighted by atomic mass is 9.89. The first kappa shape index (κ1) is 15.4. The zero-order valence-electron chi connectivity index (χ0n) is 11.9. The van der Waals surface area contributed by atoms with Crippen LogP contribution >= 0.6 is 0 Å².